The molecule has 1 fully saturated rings. The molecule has 0 aliphatic carbocycles. The second-order valence-electron chi connectivity index (χ2n) is 5.11. The zero-order valence-corrected chi connectivity index (χ0v) is 11.5. The van der Waals surface area contributed by atoms with Gasteiger partial charge in [0.15, 0.2) is 0 Å². The number of likely N-dealkylation sites (N-methyl/N-ethyl adjacent to an activating group) is 1. The molecule has 1 heterocycles. The van der Waals surface area contributed by atoms with Crippen LogP contribution in [0.5, 0.6) is 0 Å². The maximum atomic E-state index is 12.6. The lowest BCUT2D eigenvalue weighted by Crippen LogP contribution is -2.49. The molecule has 19 heavy (non-hydrogen) atoms. The van der Waals surface area contributed by atoms with Crippen LogP contribution in [-0.2, 0) is 4.79 Å². The minimum atomic E-state index is -0.211. The highest BCUT2D eigenvalue weighted by Crippen LogP contribution is 2.20. The van der Waals surface area contributed by atoms with Crippen LogP contribution in [0.4, 0.5) is 0 Å². The minimum absolute atomic E-state index is 0.161. The smallest absolute Gasteiger partial charge is 0.231 e. The first-order chi connectivity index (χ1) is 9.26. The third-order valence-corrected chi connectivity index (χ3v) is 3.88. The van der Waals surface area contributed by atoms with Gasteiger partial charge in [-0.1, -0.05) is 30.3 Å². The van der Waals surface area contributed by atoms with Crippen molar-refractivity contribution in [3.8, 4) is 0 Å². The summed E-state index contributed by atoms with van der Waals surface area (Å²) in [5.74, 6) is -0.0505. The van der Waals surface area contributed by atoms with Gasteiger partial charge in [-0.05, 0) is 25.5 Å². The summed E-state index contributed by atoms with van der Waals surface area (Å²) in [6, 6.07) is 10.2. The maximum absolute atomic E-state index is 12.6. The molecule has 0 radical (unpaired) electrons. The first-order valence-electron chi connectivity index (χ1n) is 6.97. The van der Waals surface area contributed by atoms with Crippen molar-refractivity contribution >= 4 is 5.91 Å². The number of benzene rings is 1. The SMILES string of the molecule is CN[C@H]1CCCN(C(=O)[C@H](CN)c2ccccc2)C1. The summed E-state index contributed by atoms with van der Waals surface area (Å²) in [7, 11) is 1.95. The van der Waals surface area contributed by atoms with Crippen molar-refractivity contribution in [3.63, 3.8) is 0 Å². The number of amides is 1. The molecule has 4 heteroatoms. The molecule has 1 aliphatic rings. The summed E-state index contributed by atoms with van der Waals surface area (Å²) in [6.45, 7) is 2.00. The minimum Gasteiger partial charge on any atom is -0.341 e. The number of nitrogens with one attached hydrogen (secondary N) is 1. The summed E-state index contributed by atoms with van der Waals surface area (Å²) in [4.78, 5) is 14.6. The van der Waals surface area contributed by atoms with Gasteiger partial charge in [-0.3, -0.25) is 4.79 Å². The average molecular weight is 261 g/mol. The van der Waals surface area contributed by atoms with Crippen molar-refractivity contribution in [2.75, 3.05) is 26.7 Å². The van der Waals surface area contributed by atoms with Crippen LogP contribution >= 0.6 is 0 Å². The Bertz CT molecular complexity index is 407. The van der Waals surface area contributed by atoms with Crippen molar-refractivity contribution < 1.29 is 4.79 Å². The molecule has 2 rings (SSSR count). The molecule has 2 atom stereocenters. The lowest BCUT2D eigenvalue weighted by Gasteiger charge is -2.34. The van der Waals surface area contributed by atoms with E-state index in [1.165, 1.54) is 0 Å². The fraction of sp³-hybridized carbons (Fsp3) is 0.533. The molecule has 0 unspecified atom stereocenters. The third kappa shape index (κ3) is 3.33. The van der Waals surface area contributed by atoms with Gasteiger partial charge in [0.05, 0.1) is 5.92 Å². The maximum Gasteiger partial charge on any atom is 0.231 e. The van der Waals surface area contributed by atoms with E-state index in [1.807, 2.05) is 42.3 Å². The fourth-order valence-electron chi connectivity index (χ4n) is 2.70. The van der Waals surface area contributed by atoms with Crippen LogP contribution in [0.3, 0.4) is 0 Å². The zero-order valence-electron chi connectivity index (χ0n) is 11.5. The number of nitrogens with two attached hydrogens (primary N) is 1. The number of piperidine rings is 1. The molecule has 0 bridgehead atoms. The Hall–Kier alpha value is -1.39. The normalized spacial score (nSPS) is 21.2. The van der Waals surface area contributed by atoms with E-state index < -0.39 is 0 Å². The lowest BCUT2D eigenvalue weighted by molar-refractivity contribution is -0.133. The van der Waals surface area contributed by atoms with E-state index in [0.29, 0.717) is 12.6 Å². The molecule has 1 saturated heterocycles. The molecular formula is C15H23N3O. The van der Waals surface area contributed by atoms with Gasteiger partial charge < -0.3 is 16.0 Å². The zero-order chi connectivity index (χ0) is 13.7. The fourth-order valence-corrected chi connectivity index (χ4v) is 2.70. The van der Waals surface area contributed by atoms with Gasteiger partial charge in [0.1, 0.15) is 0 Å². The van der Waals surface area contributed by atoms with Crippen LogP contribution < -0.4 is 11.1 Å². The van der Waals surface area contributed by atoms with Crippen molar-refractivity contribution in [2.45, 2.75) is 24.8 Å². The summed E-state index contributed by atoms with van der Waals surface area (Å²) in [6.07, 6.45) is 2.20. The highest BCUT2D eigenvalue weighted by molar-refractivity contribution is 5.84. The first-order valence-corrected chi connectivity index (χ1v) is 6.97. The predicted molar refractivity (Wildman–Crippen MR) is 76.9 cm³/mol. The molecule has 3 N–H and O–H groups in total. The van der Waals surface area contributed by atoms with E-state index in [2.05, 4.69) is 5.32 Å². The lowest BCUT2D eigenvalue weighted by atomic mass is 9.96. The molecule has 4 nitrogen and oxygen atoms in total. The summed E-state index contributed by atoms with van der Waals surface area (Å²) in [5, 5.41) is 3.26. The Kier molecular flexibility index (Phi) is 4.93. The van der Waals surface area contributed by atoms with Crippen LogP contribution in [0.15, 0.2) is 30.3 Å². The van der Waals surface area contributed by atoms with Crippen molar-refractivity contribution in [2.24, 2.45) is 5.73 Å². The Labute approximate surface area is 115 Å². The number of likely N-dealkylation sites (tertiary alicyclic amines) is 1. The molecule has 1 aliphatic heterocycles. The molecule has 104 valence electrons. The Morgan fingerprint density at radius 2 is 2.21 bits per heavy atom. The molecule has 0 spiro atoms. The van der Waals surface area contributed by atoms with Crippen LogP contribution in [0.1, 0.15) is 24.3 Å². The second kappa shape index (κ2) is 6.68. The highest BCUT2D eigenvalue weighted by atomic mass is 16.2. The Balaban J connectivity index is 2.08. The van der Waals surface area contributed by atoms with Gasteiger partial charge in [-0.25, -0.2) is 0 Å². The van der Waals surface area contributed by atoms with Crippen LogP contribution in [0.2, 0.25) is 0 Å². The average Bonchev–Trinajstić information content (AvgIpc) is 2.49. The van der Waals surface area contributed by atoms with Gasteiger partial charge in [-0.2, -0.15) is 0 Å². The van der Waals surface area contributed by atoms with Crippen LogP contribution in [-0.4, -0.2) is 43.5 Å². The van der Waals surface area contributed by atoms with E-state index in [0.717, 1.165) is 31.5 Å². The molecule has 1 aromatic carbocycles. The van der Waals surface area contributed by atoms with E-state index in [4.69, 9.17) is 5.73 Å². The van der Waals surface area contributed by atoms with Gasteiger partial charge in [0.2, 0.25) is 5.91 Å². The van der Waals surface area contributed by atoms with Gasteiger partial charge >= 0.3 is 0 Å². The number of hydrogen-bond acceptors (Lipinski definition) is 3. The Morgan fingerprint density at radius 1 is 1.47 bits per heavy atom. The number of carbonyl (C=O) groups is 1. The quantitative estimate of drug-likeness (QED) is 0.848. The number of carbonyl (C=O) groups excluding carboxylic acids is 1. The molecule has 1 aromatic rings. The summed E-state index contributed by atoms with van der Waals surface area (Å²) >= 11 is 0. The van der Waals surface area contributed by atoms with Gasteiger partial charge in [0, 0.05) is 25.7 Å². The predicted octanol–water partition coefficient (Wildman–Crippen LogP) is 0.939. The molecule has 0 saturated carbocycles. The van der Waals surface area contributed by atoms with E-state index in [-0.39, 0.29) is 11.8 Å². The molecule has 1 amide bonds. The Morgan fingerprint density at radius 3 is 2.84 bits per heavy atom. The highest BCUT2D eigenvalue weighted by Gasteiger charge is 2.28. The van der Waals surface area contributed by atoms with E-state index in [1.54, 1.807) is 0 Å². The van der Waals surface area contributed by atoms with Gasteiger partial charge in [-0.15, -0.1) is 0 Å². The monoisotopic (exact) mass is 261 g/mol. The summed E-state index contributed by atoms with van der Waals surface area (Å²) < 4.78 is 0. The molecule has 0 aromatic heterocycles. The van der Waals surface area contributed by atoms with Crippen LogP contribution in [0.25, 0.3) is 0 Å². The van der Waals surface area contributed by atoms with Gasteiger partial charge in [0.25, 0.3) is 0 Å². The summed E-state index contributed by atoms with van der Waals surface area (Å²) in [5.41, 5.74) is 6.83. The topological polar surface area (TPSA) is 58.4 Å². The number of rotatable bonds is 4. The number of nitrogens with zero attached hydrogens (tertiary/aromatic N) is 1. The van der Waals surface area contributed by atoms with Crippen molar-refractivity contribution in [1.82, 2.24) is 10.2 Å². The molecular weight excluding hydrogens is 238 g/mol. The standard InChI is InChI=1S/C15H23N3O/c1-17-13-8-5-9-18(11-13)15(19)14(10-16)12-6-3-2-4-7-12/h2-4,6-7,13-14,17H,5,8-11,16H2,1H3/t13-,14+/m0/s1. The first kappa shape index (κ1) is 14.0. The second-order valence-corrected chi connectivity index (χ2v) is 5.11. The third-order valence-electron chi connectivity index (χ3n) is 3.88. The van der Waals surface area contributed by atoms with Crippen molar-refractivity contribution in [1.29, 1.82) is 0 Å². The van der Waals surface area contributed by atoms with Crippen molar-refractivity contribution in [3.05, 3.63) is 35.9 Å². The van der Waals surface area contributed by atoms with Crippen LogP contribution in [0, 0.1) is 0 Å². The number of hydrogen-bond donors (Lipinski definition) is 2. The largest absolute Gasteiger partial charge is 0.341 e. The van der Waals surface area contributed by atoms with E-state index >= 15 is 0 Å². The van der Waals surface area contributed by atoms with E-state index in [9.17, 15) is 4.79 Å².